The molecular formula is C13H17BrClNO. The molecule has 0 saturated carbocycles. The maximum absolute atomic E-state index is 5.73. The predicted molar refractivity (Wildman–Crippen MR) is 76.6 cm³/mol. The molecule has 2 nitrogen and oxygen atoms in total. The van der Waals surface area contributed by atoms with E-state index in [-0.39, 0.29) is 0 Å². The Morgan fingerprint density at radius 1 is 1.53 bits per heavy atom. The summed E-state index contributed by atoms with van der Waals surface area (Å²) in [6.45, 7) is 6.28. The van der Waals surface area contributed by atoms with Gasteiger partial charge in [-0.15, -0.1) is 0 Å². The second-order valence-corrected chi connectivity index (χ2v) is 4.91. The van der Waals surface area contributed by atoms with Gasteiger partial charge < -0.3 is 10.1 Å². The highest BCUT2D eigenvalue weighted by molar-refractivity contribution is 9.10. The fraction of sp³-hybridized carbons (Fsp3) is 0.385. The number of benzene rings is 1. The van der Waals surface area contributed by atoms with Gasteiger partial charge in [0.15, 0.2) is 0 Å². The summed E-state index contributed by atoms with van der Waals surface area (Å²) in [5.74, 6) is 0.895. The molecule has 0 atom stereocenters. The molecule has 1 N–H and O–H groups in total. The number of hydrogen-bond donors (Lipinski definition) is 1. The average molecular weight is 319 g/mol. The lowest BCUT2D eigenvalue weighted by atomic mass is 10.2. The molecule has 1 aromatic carbocycles. The Hall–Kier alpha value is -0.510. The average Bonchev–Trinajstić information content (AvgIpc) is 2.34. The van der Waals surface area contributed by atoms with Gasteiger partial charge in [-0.25, -0.2) is 0 Å². The zero-order valence-corrected chi connectivity index (χ0v) is 12.4. The van der Waals surface area contributed by atoms with Crippen molar-refractivity contribution in [1.29, 1.82) is 0 Å². The molecule has 1 aromatic rings. The van der Waals surface area contributed by atoms with Gasteiger partial charge in [0.25, 0.3) is 0 Å². The monoisotopic (exact) mass is 317 g/mol. The van der Waals surface area contributed by atoms with Crippen molar-refractivity contribution in [3.8, 4) is 5.75 Å². The molecule has 0 fully saturated rings. The number of ether oxygens (including phenoxy) is 1. The van der Waals surface area contributed by atoms with Crippen LogP contribution in [0, 0.1) is 0 Å². The Bertz CT molecular complexity index is 393. The smallest absolute Gasteiger partial charge is 0.124 e. The van der Waals surface area contributed by atoms with E-state index in [1.165, 1.54) is 0 Å². The molecule has 0 aliphatic heterocycles. The van der Waals surface area contributed by atoms with Crippen LogP contribution in [0.4, 0.5) is 0 Å². The topological polar surface area (TPSA) is 21.3 Å². The summed E-state index contributed by atoms with van der Waals surface area (Å²) in [5.41, 5.74) is 3.69. The standard InChI is InChI=1S/C13H17BrClNO/c1-3-16-8-11-6-12(14)4-5-13(11)17-9-10(2)7-15/h4-7,16H,3,8-9H2,1-2H3/b10-7+. The van der Waals surface area contributed by atoms with E-state index in [0.29, 0.717) is 6.61 Å². The van der Waals surface area contributed by atoms with E-state index in [4.69, 9.17) is 16.3 Å². The first-order chi connectivity index (χ1) is 8.17. The van der Waals surface area contributed by atoms with Gasteiger partial charge in [0.1, 0.15) is 12.4 Å². The molecule has 0 radical (unpaired) electrons. The first-order valence-corrected chi connectivity index (χ1v) is 6.78. The third kappa shape index (κ3) is 5.11. The van der Waals surface area contributed by atoms with E-state index >= 15 is 0 Å². The van der Waals surface area contributed by atoms with Crippen molar-refractivity contribution >= 4 is 27.5 Å². The summed E-state index contributed by atoms with van der Waals surface area (Å²) in [6, 6.07) is 6.01. The van der Waals surface area contributed by atoms with Gasteiger partial charge in [0.2, 0.25) is 0 Å². The van der Waals surface area contributed by atoms with Crippen molar-refractivity contribution in [2.75, 3.05) is 13.2 Å². The van der Waals surface area contributed by atoms with Crippen LogP contribution in [0.1, 0.15) is 19.4 Å². The minimum absolute atomic E-state index is 0.518. The van der Waals surface area contributed by atoms with Crippen molar-refractivity contribution in [2.24, 2.45) is 0 Å². The van der Waals surface area contributed by atoms with Crippen LogP contribution in [-0.4, -0.2) is 13.2 Å². The van der Waals surface area contributed by atoms with Crippen molar-refractivity contribution in [1.82, 2.24) is 5.32 Å². The van der Waals surface area contributed by atoms with Crippen LogP contribution in [0.2, 0.25) is 0 Å². The minimum atomic E-state index is 0.518. The number of hydrogen-bond acceptors (Lipinski definition) is 2. The van der Waals surface area contributed by atoms with Crippen LogP contribution in [0.25, 0.3) is 0 Å². The maximum atomic E-state index is 5.73. The summed E-state index contributed by atoms with van der Waals surface area (Å²) in [5, 5.41) is 3.29. The molecular weight excluding hydrogens is 302 g/mol. The fourth-order valence-corrected chi connectivity index (χ4v) is 1.78. The Morgan fingerprint density at radius 2 is 2.29 bits per heavy atom. The molecule has 0 saturated heterocycles. The number of nitrogens with one attached hydrogen (secondary N) is 1. The molecule has 0 amide bonds. The third-order valence-corrected chi connectivity index (χ3v) is 3.10. The quantitative estimate of drug-likeness (QED) is 0.853. The molecule has 0 aliphatic carbocycles. The molecule has 0 spiro atoms. The van der Waals surface area contributed by atoms with Crippen LogP contribution < -0.4 is 10.1 Å². The summed E-state index contributed by atoms with van der Waals surface area (Å²) in [4.78, 5) is 0. The van der Waals surface area contributed by atoms with E-state index < -0.39 is 0 Å². The van der Waals surface area contributed by atoms with E-state index in [1.54, 1.807) is 5.54 Å². The van der Waals surface area contributed by atoms with Crippen LogP contribution in [-0.2, 0) is 6.54 Å². The van der Waals surface area contributed by atoms with E-state index in [9.17, 15) is 0 Å². The largest absolute Gasteiger partial charge is 0.489 e. The highest BCUT2D eigenvalue weighted by Crippen LogP contribution is 2.23. The molecule has 0 aliphatic rings. The first kappa shape index (κ1) is 14.6. The number of halogens is 2. The maximum Gasteiger partial charge on any atom is 0.124 e. The molecule has 0 aromatic heterocycles. The van der Waals surface area contributed by atoms with Crippen LogP contribution in [0.5, 0.6) is 5.75 Å². The van der Waals surface area contributed by atoms with Gasteiger partial charge in [-0.2, -0.15) is 0 Å². The molecule has 0 bridgehead atoms. The van der Waals surface area contributed by atoms with Crippen molar-refractivity contribution in [2.45, 2.75) is 20.4 Å². The van der Waals surface area contributed by atoms with E-state index in [2.05, 4.69) is 34.2 Å². The second-order valence-electron chi connectivity index (χ2n) is 3.78. The lowest BCUT2D eigenvalue weighted by molar-refractivity contribution is 0.347. The third-order valence-electron chi connectivity index (χ3n) is 2.23. The Morgan fingerprint density at radius 3 is 2.94 bits per heavy atom. The molecule has 0 unspecified atom stereocenters. The van der Waals surface area contributed by atoms with E-state index in [0.717, 1.165) is 34.4 Å². The first-order valence-electron chi connectivity index (χ1n) is 5.55. The molecule has 1 rings (SSSR count). The van der Waals surface area contributed by atoms with Crippen LogP contribution in [0.15, 0.2) is 33.8 Å². The number of rotatable bonds is 6. The Balaban J connectivity index is 2.75. The van der Waals surface area contributed by atoms with Gasteiger partial charge in [0, 0.05) is 22.1 Å². The molecule has 94 valence electrons. The van der Waals surface area contributed by atoms with Gasteiger partial charge in [-0.3, -0.25) is 0 Å². The fourth-order valence-electron chi connectivity index (χ4n) is 1.31. The summed E-state index contributed by atoms with van der Waals surface area (Å²) < 4.78 is 6.79. The SMILES string of the molecule is CCNCc1cc(Br)ccc1OC/C(C)=C/Cl. The second kappa shape index (κ2) is 7.75. The zero-order chi connectivity index (χ0) is 12.7. The van der Waals surface area contributed by atoms with Crippen molar-refractivity contribution in [3.63, 3.8) is 0 Å². The summed E-state index contributed by atoms with van der Waals surface area (Å²) in [6.07, 6.45) is 0. The Kier molecular flexibility index (Phi) is 6.63. The van der Waals surface area contributed by atoms with Gasteiger partial charge in [-0.1, -0.05) is 34.5 Å². The highest BCUT2D eigenvalue weighted by Gasteiger charge is 2.04. The summed E-state index contributed by atoms with van der Waals surface area (Å²) >= 11 is 9.07. The van der Waals surface area contributed by atoms with Crippen LogP contribution in [0.3, 0.4) is 0 Å². The lowest BCUT2D eigenvalue weighted by Crippen LogP contribution is -2.13. The summed E-state index contributed by atoms with van der Waals surface area (Å²) in [7, 11) is 0. The molecule has 17 heavy (non-hydrogen) atoms. The van der Waals surface area contributed by atoms with Gasteiger partial charge in [-0.05, 0) is 37.2 Å². The Labute approximate surface area is 116 Å². The van der Waals surface area contributed by atoms with E-state index in [1.807, 2.05) is 19.1 Å². The zero-order valence-electron chi connectivity index (χ0n) is 10.1. The predicted octanol–water partition coefficient (Wildman–Crippen LogP) is 4.08. The van der Waals surface area contributed by atoms with Gasteiger partial charge >= 0.3 is 0 Å². The van der Waals surface area contributed by atoms with Gasteiger partial charge in [0.05, 0.1) is 0 Å². The normalized spacial score (nSPS) is 11.6. The highest BCUT2D eigenvalue weighted by atomic mass is 79.9. The van der Waals surface area contributed by atoms with Crippen LogP contribution >= 0.6 is 27.5 Å². The van der Waals surface area contributed by atoms with Crippen molar-refractivity contribution in [3.05, 3.63) is 39.3 Å². The minimum Gasteiger partial charge on any atom is -0.489 e. The lowest BCUT2D eigenvalue weighted by Gasteiger charge is -2.12. The van der Waals surface area contributed by atoms with Crippen molar-refractivity contribution < 1.29 is 4.74 Å². The molecule has 0 heterocycles. The molecule has 4 heteroatoms.